The third-order valence-electron chi connectivity index (χ3n) is 2.33. The average Bonchev–Trinajstić information content (AvgIpc) is 2.58. The Morgan fingerprint density at radius 2 is 2.25 bits per heavy atom. The second kappa shape index (κ2) is 3.80. The maximum Gasteiger partial charge on any atom is 0.296 e. The maximum absolute atomic E-state index is 11.8. The van der Waals surface area contributed by atoms with Crippen molar-refractivity contribution in [2.45, 2.75) is 19.8 Å². The molecule has 6 nitrogen and oxygen atoms in total. The van der Waals surface area contributed by atoms with E-state index in [0.29, 0.717) is 5.82 Å². The van der Waals surface area contributed by atoms with Crippen molar-refractivity contribution in [3.63, 3.8) is 0 Å². The first kappa shape index (κ1) is 10.4. The lowest BCUT2D eigenvalue weighted by Crippen LogP contribution is -2.17. The Hall–Kier alpha value is -2.11. The molecule has 2 heterocycles. The zero-order chi connectivity index (χ0) is 11.7. The second-order valence-electron chi connectivity index (χ2n) is 3.80. The maximum atomic E-state index is 11.8. The van der Waals surface area contributed by atoms with Crippen LogP contribution in [0.3, 0.4) is 0 Å². The van der Waals surface area contributed by atoms with Gasteiger partial charge in [0.2, 0.25) is 0 Å². The number of anilines is 1. The molecule has 0 radical (unpaired) electrons. The quantitative estimate of drug-likeness (QED) is 0.776. The number of hydrogen-bond donors (Lipinski definition) is 2. The van der Waals surface area contributed by atoms with E-state index < -0.39 is 0 Å². The van der Waals surface area contributed by atoms with Crippen molar-refractivity contribution in [3.8, 4) is 5.82 Å². The molecule has 0 spiro atoms. The highest BCUT2D eigenvalue weighted by Crippen LogP contribution is 2.16. The molecule has 0 saturated heterocycles. The molecule has 2 rings (SSSR count). The third kappa shape index (κ3) is 1.58. The molecule has 2 aromatic heterocycles. The first-order chi connectivity index (χ1) is 7.61. The number of nitrogen functional groups attached to an aromatic ring is 1. The van der Waals surface area contributed by atoms with Gasteiger partial charge < -0.3 is 5.73 Å². The number of aromatic amines is 1. The van der Waals surface area contributed by atoms with Gasteiger partial charge in [0.15, 0.2) is 5.82 Å². The number of H-pyrrole nitrogens is 1. The summed E-state index contributed by atoms with van der Waals surface area (Å²) in [5.41, 5.74) is 6.43. The topological polar surface area (TPSA) is 89.6 Å². The summed E-state index contributed by atoms with van der Waals surface area (Å²) in [7, 11) is 0. The van der Waals surface area contributed by atoms with Crippen molar-refractivity contribution in [2.75, 3.05) is 5.73 Å². The average molecular weight is 219 g/mol. The number of rotatable bonds is 2. The van der Waals surface area contributed by atoms with Crippen molar-refractivity contribution >= 4 is 5.69 Å². The minimum Gasteiger partial charge on any atom is -0.393 e. The normalized spacial score (nSPS) is 10.9. The van der Waals surface area contributed by atoms with E-state index in [1.54, 1.807) is 12.3 Å². The van der Waals surface area contributed by atoms with Gasteiger partial charge in [0, 0.05) is 12.3 Å². The number of nitrogens with two attached hydrogens (primary N) is 1. The predicted molar refractivity (Wildman–Crippen MR) is 60.5 cm³/mol. The van der Waals surface area contributed by atoms with Crippen LogP contribution in [0.4, 0.5) is 5.69 Å². The van der Waals surface area contributed by atoms with Crippen molar-refractivity contribution in [1.29, 1.82) is 0 Å². The van der Waals surface area contributed by atoms with Crippen molar-refractivity contribution in [1.82, 2.24) is 19.7 Å². The molecule has 0 aromatic carbocycles. The van der Waals surface area contributed by atoms with Crippen LogP contribution in [0, 0.1) is 0 Å². The molecular weight excluding hydrogens is 206 g/mol. The van der Waals surface area contributed by atoms with Gasteiger partial charge in [-0.25, -0.2) is 9.97 Å². The summed E-state index contributed by atoms with van der Waals surface area (Å²) in [6.45, 7) is 3.93. The lowest BCUT2D eigenvalue weighted by Gasteiger charge is -2.02. The highest BCUT2D eigenvalue weighted by Gasteiger charge is 2.14. The summed E-state index contributed by atoms with van der Waals surface area (Å²) in [6.07, 6.45) is 2.95. The molecule has 0 bridgehead atoms. The lowest BCUT2D eigenvalue weighted by molar-refractivity contribution is 0.746. The summed E-state index contributed by atoms with van der Waals surface area (Å²) in [5, 5.41) is 2.95. The Bertz CT molecular complexity index is 540. The zero-order valence-corrected chi connectivity index (χ0v) is 9.14. The third-order valence-corrected chi connectivity index (χ3v) is 2.33. The first-order valence-corrected chi connectivity index (χ1v) is 4.98. The van der Waals surface area contributed by atoms with Crippen LogP contribution in [-0.4, -0.2) is 19.7 Å². The van der Waals surface area contributed by atoms with Gasteiger partial charge in [-0.2, -0.15) is 4.68 Å². The number of aromatic nitrogens is 4. The van der Waals surface area contributed by atoms with Crippen LogP contribution < -0.4 is 11.3 Å². The van der Waals surface area contributed by atoms with E-state index >= 15 is 0 Å². The van der Waals surface area contributed by atoms with Crippen LogP contribution >= 0.6 is 0 Å². The summed E-state index contributed by atoms with van der Waals surface area (Å²) in [4.78, 5) is 19.6. The van der Waals surface area contributed by atoms with Gasteiger partial charge in [-0.1, -0.05) is 13.8 Å². The summed E-state index contributed by atoms with van der Waals surface area (Å²) >= 11 is 0. The van der Waals surface area contributed by atoms with Crippen LogP contribution in [0.1, 0.15) is 25.5 Å². The Balaban J connectivity index is 2.60. The summed E-state index contributed by atoms with van der Waals surface area (Å²) in [5.74, 6) is 0.648. The van der Waals surface area contributed by atoms with Gasteiger partial charge in [-0.05, 0) is 5.92 Å². The fraction of sp³-hybridized carbons (Fsp3) is 0.300. The van der Waals surface area contributed by atoms with E-state index in [1.807, 2.05) is 13.8 Å². The molecule has 0 aliphatic rings. The Morgan fingerprint density at radius 3 is 2.75 bits per heavy atom. The molecule has 0 atom stereocenters. The molecule has 0 saturated carbocycles. The number of hydrogen-bond acceptors (Lipinski definition) is 4. The monoisotopic (exact) mass is 219 g/mol. The van der Waals surface area contributed by atoms with E-state index in [2.05, 4.69) is 15.1 Å². The van der Waals surface area contributed by atoms with E-state index in [9.17, 15) is 4.79 Å². The largest absolute Gasteiger partial charge is 0.393 e. The Kier molecular flexibility index (Phi) is 2.47. The Labute approximate surface area is 92.1 Å². The predicted octanol–water partition coefficient (Wildman–Crippen LogP) is 0.661. The van der Waals surface area contributed by atoms with Gasteiger partial charge >= 0.3 is 0 Å². The van der Waals surface area contributed by atoms with Gasteiger partial charge in [0.25, 0.3) is 5.56 Å². The first-order valence-electron chi connectivity index (χ1n) is 4.98. The smallest absolute Gasteiger partial charge is 0.296 e. The van der Waals surface area contributed by atoms with E-state index in [1.165, 1.54) is 11.0 Å². The molecule has 16 heavy (non-hydrogen) atoms. The lowest BCUT2D eigenvalue weighted by atomic mass is 10.1. The van der Waals surface area contributed by atoms with Crippen molar-refractivity contribution < 1.29 is 0 Å². The fourth-order valence-corrected chi connectivity index (χ4v) is 1.48. The molecule has 0 aliphatic carbocycles. The van der Waals surface area contributed by atoms with Crippen LogP contribution in [0.5, 0.6) is 0 Å². The summed E-state index contributed by atoms with van der Waals surface area (Å²) < 4.78 is 1.33. The van der Waals surface area contributed by atoms with Crippen molar-refractivity contribution in [2.24, 2.45) is 0 Å². The molecule has 3 N–H and O–H groups in total. The Morgan fingerprint density at radius 1 is 1.50 bits per heavy atom. The van der Waals surface area contributed by atoms with E-state index in [-0.39, 0.29) is 17.2 Å². The summed E-state index contributed by atoms with van der Waals surface area (Å²) in [6, 6.07) is 1.64. The molecule has 2 aromatic rings. The minimum absolute atomic E-state index is 0.163. The number of nitrogens with one attached hydrogen (secondary N) is 1. The van der Waals surface area contributed by atoms with E-state index in [4.69, 9.17) is 5.73 Å². The van der Waals surface area contributed by atoms with Crippen LogP contribution in [0.25, 0.3) is 5.82 Å². The van der Waals surface area contributed by atoms with Crippen LogP contribution in [0.2, 0.25) is 0 Å². The van der Waals surface area contributed by atoms with E-state index in [0.717, 1.165) is 5.69 Å². The second-order valence-corrected chi connectivity index (χ2v) is 3.80. The standard InChI is InChI=1S/C10H13N5O/c1-6(2)9-8(11)10(16)15(14-9)7-3-4-12-5-13-7/h3-6,14H,11H2,1-2H3. The molecule has 0 aliphatic heterocycles. The molecular formula is C10H13N5O. The molecule has 0 fully saturated rings. The molecule has 6 heteroatoms. The molecule has 84 valence electrons. The zero-order valence-electron chi connectivity index (χ0n) is 9.14. The van der Waals surface area contributed by atoms with Gasteiger partial charge in [0.05, 0.1) is 5.69 Å². The highest BCUT2D eigenvalue weighted by molar-refractivity contribution is 5.44. The van der Waals surface area contributed by atoms with Gasteiger partial charge in [0.1, 0.15) is 12.0 Å². The highest BCUT2D eigenvalue weighted by atomic mass is 16.1. The number of nitrogens with zero attached hydrogens (tertiary/aromatic N) is 3. The van der Waals surface area contributed by atoms with Crippen LogP contribution in [0.15, 0.2) is 23.4 Å². The SMILES string of the molecule is CC(C)c1[nH]n(-c2ccncn2)c(=O)c1N. The molecule has 0 unspecified atom stereocenters. The fourth-order valence-electron chi connectivity index (χ4n) is 1.48. The van der Waals surface area contributed by atoms with Gasteiger partial charge in [-0.3, -0.25) is 9.89 Å². The van der Waals surface area contributed by atoms with Crippen LogP contribution in [-0.2, 0) is 0 Å². The minimum atomic E-state index is -0.276. The van der Waals surface area contributed by atoms with Crippen molar-refractivity contribution in [3.05, 3.63) is 34.6 Å². The van der Waals surface area contributed by atoms with Gasteiger partial charge in [-0.15, -0.1) is 0 Å². The molecule has 0 amide bonds.